The number of anilines is 1. The van der Waals surface area contributed by atoms with Gasteiger partial charge in [-0.05, 0) is 40.5 Å². The Kier molecular flexibility index (Phi) is 4.65. The maximum absolute atomic E-state index is 10.7. The smallest absolute Gasteiger partial charge is 0.305 e. The Morgan fingerprint density at radius 2 is 2.25 bits per heavy atom. The Hall–Kier alpha value is -1.98. The summed E-state index contributed by atoms with van der Waals surface area (Å²) in [6, 6.07) is 8.53. The lowest BCUT2D eigenvalue weighted by atomic mass is 10.3. The molecule has 0 spiro atoms. The highest BCUT2D eigenvalue weighted by atomic mass is 79.9. The van der Waals surface area contributed by atoms with E-state index in [1.165, 1.54) is 17.0 Å². The van der Waals surface area contributed by atoms with Crippen molar-refractivity contribution in [1.29, 1.82) is 5.26 Å². The van der Waals surface area contributed by atoms with E-state index in [1.54, 1.807) is 17.4 Å². The fraction of sp³-hybridized carbons (Fsp3) is 0.167. The Balaban J connectivity index is 2.00. The average molecular weight is 353 g/mol. The van der Waals surface area contributed by atoms with Crippen molar-refractivity contribution in [3.63, 3.8) is 0 Å². The van der Waals surface area contributed by atoms with Crippen molar-refractivity contribution in [2.75, 3.05) is 11.9 Å². The van der Waals surface area contributed by atoms with Gasteiger partial charge in [0.05, 0.1) is 8.71 Å². The van der Waals surface area contributed by atoms with Gasteiger partial charge in [-0.25, -0.2) is 4.98 Å². The molecule has 1 N–H and O–H groups in total. The maximum atomic E-state index is 10.7. The van der Waals surface area contributed by atoms with Gasteiger partial charge in [-0.15, -0.1) is 11.3 Å². The highest BCUT2D eigenvalue weighted by Crippen LogP contribution is 2.22. The van der Waals surface area contributed by atoms with E-state index in [4.69, 9.17) is 5.26 Å². The van der Waals surface area contributed by atoms with E-state index >= 15 is 0 Å². The number of thiophene rings is 1. The molecule has 0 unspecified atom stereocenters. The lowest BCUT2D eigenvalue weighted by Gasteiger charge is -2.04. The van der Waals surface area contributed by atoms with Crippen molar-refractivity contribution in [3.8, 4) is 6.07 Å². The highest BCUT2D eigenvalue weighted by Gasteiger charge is 2.15. The monoisotopic (exact) mass is 352 g/mol. The Morgan fingerprint density at radius 3 is 2.85 bits per heavy atom. The second-order valence-corrected chi connectivity index (χ2v) is 6.36. The summed E-state index contributed by atoms with van der Waals surface area (Å²) in [5.74, 6) is 0.461. The largest absolute Gasteiger partial charge is 0.370 e. The molecule has 2 aromatic heterocycles. The van der Waals surface area contributed by atoms with Gasteiger partial charge < -0.3 is 5.32 Å². The second-order valence-electron chi connectivity index (χ2n) is 3.82. The van der Waals surface area contributed by atoms with Crippen molar-refractivity contribution >= 4 is 38.8 Å². The Labute approximate surface area is 127 Å². The summed E-state index contributed by atoms with van der Waals surface area (Å²) in [7, 11) is 0. The molecule has 0 radical (unpaired) electrons. The first kappa shape index (κ1) is 14.4. The van der Waals surface area contributed by atoms with Crippen LogP contribution in [0.2, 0.25) is 0 Å². The van der Waals surface area contributed by atoms with E-state index in [-0.39, 0.29) is 11.4 Å². The first-order chi connectivity index (χ1) is 9.60. The van der Waals surface area contributed by atoms with Crippen LogP contribution in [0, 0.1) is 21.4 Å². The number of nitriles is 1. The molecule has 8 heteroatoms. The molecule has 0 saturated carbocycles. The number of hydrogen-bond acceptors (Lipinski definition) is 6. The zero-order valence-electron chi connectivity index (χ0n) is 10.2. The number of halogens is 1. The van der Waals surface area contributed by atoms with Gasteiger partial charge in [-0.2, -0.15) is 5.26 Å². The molecule has 0 bridgehead atoms. The molecule has 102 valence electrons. The fourth-order valence-electron chi connectivity index (χ4n) is 1.58. The van der Waals surface area contributed by atoms with Gasteiger partial charge in [-0.1, -0.05) is 0 Å². The lowest BCUT2D eigenvalue weighted by Crippen LogP contribution is -2.07. The first-order valence-electron chi connectivity index (χ1n) is 5.64. The number of rotatable bonds is 5. The van der Waals surface area contributed by atoms with Crippen LogP contribution in [0.3, 0.4) is 0 Å². The van der Waals surface area contributed by atoms with Gasteiger partial charge in [-0.3, -0.25) is 10.1 Å². The molecule has 2 rings (SSSR count). The van der Waals surface area contributed by atoms with Gasteiger partial charge in [0.2, 0.25) is 5.69 Å². The molecule has 0 aromatic carbocycles. The third-order valence-electron chi connectivity index (χ3n) is 2.48. The van der Waals surface area contributed by atoms with Crippen molar-refractivity contribution in [3.05, 3.63) is 48.7 Å². The van der Waals surface area contributed by atoms with Crippen LogP contribution in [0.5, 0.6) is 0 Å². The van der Waals surface area contributed by atoms with Crippen LogP contribution in [0.15, 0.2) is 28.1 Å². The average Bonchev–Trinajstić information content (AvgIpc) is 2.84. The van der Waals surface area contributed by atoms with E-state index in [0.29, 0.717) is 12.4 Å². The number of nitrogens with zero attached hydrogens (tertiary/aromatic N) is 3. The zero-order valence-corrected chi connectivity index (χ0v) is 12.6. The number of aromatic nitrogens is 1. The van der Waals surface area contributed by atoms with Crippen LogP contribution >= 0.6 is 27.3 Å². The van der Waals surface area contributed by atoms with Gasteiger partial charge in [0.25, 0.3) is 0 Å². The van der Waals surface area contributed by atoms with E-state index in [0.717, 1.165) is 10.2 Å². The summed E-state index contributed by atoms with van der Waals surface area (Å²) in [6.45, 7) is 0.642. The zero-order chi connectivity index (χ0) is 14.5. The quantitative estimate of drug-likeness (QED) is 0.657. The molecule has 0 aliphatic heterocycles. The van der Waals surface area contributed by atoms with Crippen LogP contribution in [-0.2, 0) is 6.42 Å². The predicted molar refractivity (Wildman–Crippen MR) is 79.8 cm³/mol. The minimum Gasteiger partial charge on any atom is -0.370 e. The van der Waals surface area contributed by atoms with Crippen LogP contribution in [0.4, 0.5) is 11.5 Å². The first-order valence-corrected chi connectivity index (χ1v) is 7.24. The molecule has 0 atom stereocenters. The Bertz CT molecular complexity index is 680. The van der Waals surface area contributed by atoms with Crippen molar-refractivity contribution in [2.24, 2.45) is 0 Å². The molecular formula is C12H9BrN4O2S. The fourth-order valence-corrected chi connectivity index (χ4v) is 3.06. The van der Waals surface area contributed by atoms with E-state index < -0.39 is 4.92 Å². The minimum atomic E-state index is -0.613. The number of hydrogen-bond donors (Lipinski definition) is 1. The summed E-state index contributed by atoms with van der Waals surface area (Å²) >= 11 is 5.05. The standard InChI is InChI=1S/C12H9BrN4O2S/c13-11-3-1-8(20-11)5-6-15-12-4-2-10(17(18)19)9(7-14)16-12/h1-4H,5-6H2,(H,15,16). The molecule has 2 aromatic rings. The molecule has 0 aliphatic carbocycles. The molecule has 20 heavy (non-hydrogen) atoms. The van der Waals surface area contributed by atoms with Crippen molar-refractivity contribution in [2.45, 2.75) is 6.42 Å². The van der Waals surface area contributed by atoms with Gasteiger partial charge in [0.1, 0.15) is 11.9 Å². The van der Waals surface area contributed by atoms with Crippen LogP contribution < -0.4 is 5.32 Å². The van der Waals surface area contributed by atoms with Gasteiger partial charge in [0.15, 0.2) is 0 Å². The maximum Gasteiger partial charge on any atom is 0.305 e. The number of nitrogens with one attached hydrogen (secondary N) is 1. The summed E-state index contributed by atoms with van der Waals surface area (Å²) in [5.41, 5.74) is -0.459. The van der Waals surface area contributed by atoms with Crippen molar-refractivity contribution < 1.29 is 4.92 Å². The van der Waals surface area contributed by atoms with Gasteiger partial charge in [0, 0.05) is 17.5 Å². The third-order valence-corrected chi connectivity index (χ3v) is 4.17. The van der Waals surface area contributed by atoms with E-state index in [9.17, 15) is 10.1 Å². The summed E-state index contributed by atoms with van der Waals surface area (Å²) in [4.78, 5) is 15.2. The van der Waals surface area contributed by atoms with Crippen LogP contribution in [0.25, 0.3) is 0 Å². The van der Waals surface area contributed by atoms with Crippen molar-refractivity contribution in [1.82, 2.24) is 4.98 Å². The molecular weight excluding hydrogens is 344 g/mol. The number of pyridine rings is 1. The SMILES string of the molecule is N#Cc1nc(NCCc2ccc(Br)s2)ccc1[N+](=O)[O-]. The second kappa shape index (κ2) is 6.45. The molecule has 0 aliphatic rings. The molecule has 2 heterocycles. The van der Waals surface area contributed by atoms with Crippen LogP contribution in [-0.4, -0.2) is 16.5 Å². The lowest BCUT2D eigenvalue weighted by molar-refractivity contribution is -0.385. The van der Waals surface area contributed by atoms with E-state index in [1.807, 2.05) is 12.1 Å². The summed E-state index contributed by atoms with van der Waals surface area (Å²) in [6.07, 6.45) is 0.816. The van der Waals surface area contributed by atoms with E-state index in [2.05, 4.69) is 26.2 Å². The molecule has 0 saturated heterocycles. The third kappa shape index (κ3) is 3.53. The number of nitro groups is 1. The van der Waals surface area contributed by atoms with Crippen LogP contribution in [0.1, 0.15) is 10.6 Å². The Morgan fingerprint density at radius 1 is 1.45 bits per heavy atom. The predicted octanol–water partition coefficient (Wildman–Crippen LogP) is 3.34. The summed E-state index contributed by atoms with van der Waals surface area (Å²) < 4.78 is 1.08. The molecule has 6 nitrogen and oxygen atoms in total. The van der Waals surface area contributed by atoms with Gasteiger partial charge >= 0.3 is 5.69 Å². The highest BCUT2D eigenvalue weighted by molar-refractivity contribution is 9.11. The molecule has 0 fully saturated rings. The summed E-state index contributed by atoms with van der Waals surface area (Å²) in [5, 5.41) is 22.6. The topological polar surface area (TPSA) is 91.8 Å². The normalized spacial score (nSPS) is 10.0. The molecule has 0 amide bonds. The minimum absolute atomic E-state index is 0.182.